The molecule has 3 heterocycles. The summed E-state index contributed by atoms with van der Waals surface area (Å²) in [6.07, 6.45) is 3.99. The fourth-order valence-electron chi connectivity index (χ4n) is 1.92. The Morgan fingerprint density at radius 2 is 2.45 bits per heavy atom. The van der Waals surface area contributed by atoms with E-state index in [1.165, 1.54) is 23.0 Å². The van der Waals surface area contributed by atoms with E-state index in [-0.39, 0.29) is 11.2 Å². The van der Waals surface area contributed by atoms with Crippen LogP contribution in [0.5, 0.6) is 0 Å². The van der Waals surface area contributed by atoms with Crippen molar-refractivity contribution in [2.24, 2.45) is 0 Å². The maximum atomic E-state index is 12.1. The Kier molecular flexibility index (Phi) is 4.69. The van der Waals surface area contributed by atoms with Crippen LogP contribution in [0.3, 0.4) is 0 Å². The van der Waals surface area contributed by atoms with Gasteiger partial charge in [0.1, 0.15) is 11.8 Å². The molecule has 3 aromatic rings. The first-order valence-electron chi connectivity index (χ1n) is 6.85. The first kappa shape index (κ1) is 15.0. The van der Waals surface area contributed by atoms with E-state index in [0.717, 1.165) is 11.9 Å². The number of fused-ring (bicyclic) bond motifs is 1. The standard InChI is InChI=1S/C14H15N5OS2/c1-9(13(20)16-5-4-10-3-2-6-21-10)22-14-18-11-7-15-8-17-12(11)19-14/h2-3,6-9H,4-5H2,1H3,(H,16,20)(H,15,17,18,19)/t9-/m0/s1. The highest BCUT2D eigenvalue weighted by atomic mass is 32.2. The van der Waals surface area contributed by atoms with Crippen LogP contribution in [0.4, 0.5) is 0 Å². The molecule has 22 heavy (non-hydrogen) atoms. The summed E-state index contributed by atoms with van der Waals surface area (Å²) in [5.74, 6) is 0.00750. The van der Waals surface area contributed by atoms with Gasteiger partial charge in [0.2, 0.25) is 5.91 Å². The molecular formula is C14H15N5OS2. The van der Waals surface area contributed by atoms with Crippen molar-refractivity contribution >= 4 is 40.2 Å². The lowest BCUT2D eigenvalue weighted by Gasteiger charge is -2.09. The van der Waals surface area contributed by atoms with E-state index >= 15 is 0 Å². The van der Waals surface area contributed by atoms with E-state index in [0.29, 0.717) is 17.3 Å². The SMILES string of the molecule is C[C@H](Sc1nc2ncncc2[nH]1)C(=O)NCCc1cccs1. The van der Waals surface area contributed by atoms with Crippen LogP contribution in [0.2, 0.25) is 0 Å². The average Bonchev–Trinajstić information content (AvgIpc) is 3.15. The number of amides is 1. The number of hydrogen-bond donors (Lipinski definition) is 2. The van der Waals surface area contributed by atoms with Crippen molar-refractivity contribution in [1.82, 2.24) is 25.3 Å². The fraction of sp³-hybridized carbons (Fsp3) is 0.286. The molecule has 0 aromatic carbocycles. The van der Waals surface area contributed by atoms with Crippen LogP contribution in [0.15, 0.2) is 35.2 Å². The van der Waals surface area contributed by atoms with Crippen LogP contribution < -0.4 is 5.32 Å². The Labute approximate surface area is 135 Å². The minimum atomic E-state index is -0.225. The van der Waals surface area contributed by atoms with Crippen molar-refractivity contribution in [1.29, 1.82) is 0 Å². The number of aromatic nitrogens is 4. The van der Waals surface area contributed by atoms with Gasteiger partial charge in [-0.15, -0.1) is 11.3 Å². The van der Waals surface area contributed by atoms with Crippen LogP contribution in [0, 0.1) is 0 Å². The maximum absolute atomic E-state index is 12.1. The second-order valence-corrected chi connectivity index (χ2v) is 7.04. The molecule has 0 bridgehead atoms. The fourth-order valence-corrected chi connectivity index (χ4v) is 3.47. The predicted octanol–water partition coefficient (Wildman–Crippen LogP) is 2.25. The molecule has 3 rings (SSSR count). The van der Waals surface area contributed by atoms with Gasteiger partial charge in [-0.25, -0.2) is 15.0 Å². The smallest absolute Gasteiger partial charge is 0.233 e. The molecule has 0 radical (unpaired) electrons. The number of thiophene rings is 1. The van der Waals surface area contributed by atoms with Gasteiger partial charge in [-0.2, -0.15) is 0 Å². The number of imidazole rings is 1. The number of hydrogen-bond acceptors (Lipinski definition) is 6. The molecule has 6 nitrogen and oxygen atoms in total. The van der Waals surface area contributed by atoms with E-state index in [9.17, 15) is 4.79 Å². The van der Waals surface area contributed by atoms with E-state index in [1.807, 2.05) is 18.4 Å². The normalized spacial score (nSPS) is 12.4. The van der Waals surface area contributed by atoms with Gasteiger partial charge < -0.3 is 10.3 Å². The van der Waals surface area contributed by atoms with Gasteiger partial charge in [0, 0.05) is 11.4 Å². The number of thioether (sulfide) groups is 1. The second-order valence-electron chi connectivity index (χ2n) is 4.68. The maximum Gasteiger partial charge on any atom is 0.233 e. The molecule has 3 aromatic heterocycles. The summed E-state index contributed by atoms with van der Waals surface area (Å²) in [4.78, 5) is 28.8. The molecule has 0 saturated heterocycles. The van der Waals surface area contributed by atoms with Crippen LogP contribution in [-0.4, -0.2) is 37.6 Å². The van der Waals surface area contributed by atoms with Crippen LogP contribution in [-0.2, 0) is 11.2 Å². The van der Waals surface area contributed by atoms with Crippen molar-refractivity contribution in [3.05, 3.63) is 34.9 Å². The van der Waals surface area contributed by atoms with Gasteiger partial charge in [0.25, 0.3) is 0 Å². The molecule has 0 aliphatic rings. The summed E-state index contributed by atoms with van der Waals surface area (Å²) in [6, 6.07) is 4.09. The third-order valence-corrected chi connectivity index (χ3v) is 4.97. The van der Waals surface area contributed by atoms with Crippen molar-refractivity contribution in [3.8, 4) is 0 Å². The van der Waals surface area contributed by atoms with Crippen molar-refractivity contribution in [2.45, 2.75) is 23.8 Å². The van der Waals surface area contributed by atoms with Gasteiger partial charge in [0.05, 0.1) is 11.4 Å². The summed E-state index contributed by atoms with van der Waals surface area (Å²) < 4.78 is 0. The first-order valence-corrected chi connectivity index (χ1v) is 8.61. The summed E-state index contributed by atoms with van der Waals surface area (Å²) in [5.41, 5.74) is 1.39. The summed E-state index contributed by atoms with van der Waals surface area (Å²) >= 11 is 3.09. The first-order chi connectivity index (χ1) is 10.7. The van der Waals surface area contributed by atoms with Crippen molar-refractivity contribution in [2.75, 3.05) is 6.54 Å². The van der Waals surface area contributed by atoms with Crippen LogP contribution in [0.25, 0.3) is 11.2 Å². The molecule has 0 fully saturated rings. The Bertz CT molecular complexity index is 723. The zero-order valence-corrected chi connectivity index (χ0v) is 13.6. The average molecular weight is 333 g/mol. The summed E-state index contributed by atoms with van der Waals surface area (Å²) in [7, 11) is 0. The monoisotopic (exact) mass is 333 g/mol. The minimum absolute atomic E-state index is 0.00750. The minimum Gasteiger partial charge on any atom is -0.355 e. The Morgan fingerprint density at radius 3 is 3.23 bits per heavy atom. The van der Waals surface area contributed by atoms with Crippen LogP contribution in [0.1, 0.15) is 11.8 Å². The highest BCUT2D eigenvalue weighted by Gasteiger charge is 2.16. The molecule has 1 atom stereocenters. The lowest BCUT2D eigenvalue weighted by Crippen LogP contribution is -2.32. The zero-order valence-electron chi connectivity index (χ0n) is 11.9. The number of nitrogens with one attached hydrogen (secondary N) is 2. The van der Waals surface area contributed by atoms with Gasteiger partial charge in [0.15, 0.2) is 10.8 Å². The number of carbonyl (C=O) groups excluding carboxylic acids is 1. The molecule has 0 aliphatic heterocycles. The van der Waals surface area contributed by atoms with E-state index in [1.54, 1.807) is 17.5 Å². The summed E-state index contributed by atoms with van der Waals surface area (Å²) in [6.45, 7) is 2.51. The third kappa shape index (κ3) is 3.63. The highest BCUT2D eigenvalue weighted by Crippen LogP contribution is 2.22. The molecule has 0 spiro atoms. The van der Waals surface area contributed by atoms with Gasteiger partial charge in [-0.3, -0.25) is 4.79 Å². The topological polar surface area (TPSA) is 83.6 Å². The van der Waals surface area contributed by atoms with Gasteiger partial charge in [-0.1, -0.05) is 17.8 Å². The highest BCUT2D eigenvalue weighted by molar-refractivity contribution is 8.00. The Morgan fingerprint density at radius 1 is 1.55 bits per heavy atom. The Hall–Kier alpha value is -1.93. The number of H-pyrrole nitrogens is 1. The van der Waals surface area contributed by atoms with Gasteiger partial charge in [-0.05, 0) is 24.8 Å². The number of rotatable bonds is 6. The third-order valence-electron chi connectivity index (χ3n) is 3.05. The molecule has 0 saturated carbocycles. The lowest BCUT2D eigenvalue weighted by atomic mass is 10.3. The Balaban J connectivity index is 1.52. The molecular weight excluding hydrogens is 318 g/mol. The molecule has 1 amide bonds. The van der Waals surface area contributed by atoms with Gasteiger partial charge >= 0.3 is 0 Å². The van der Waals surface area contributed by atoms with Crippen molar-refractivity contribution < 1.29 is 4.79 Å². The van der Waals surface area contributed by atoms with E-state index in [2.05, 4.69) is 31.3 Å². The largest absolute Gasteiger partial charge is 0.355 e. The zero-order chi connectivity index (χ0) is 15.4. The molecule has 0 aliphatic carbocycles. The molecule has 0 unspecified atom stereocenters. The van der Waals surface area contributed by atoms with E-state index < -0.39 is 0 Å². The number of aromatic amines is 1. The van der Waals surface area contributed by atoms with E-state index in [4.69, 9.17) is 0 Å². The molecule has 2 N–H and O–H groups in total. The predicted molar refractivity (Wildman–Crippen MR) is 88.0 cm³/mol. The molecule has 8 heteroatoms. The number of nitrogens with zero attached hydrogens (tertiary/aromatic N) is 3. The van der Waals surface area contributed by atoms with Crippen molar-refractivity contribution in [3.63, 3.8) is 0 Å². The number of carbonyl (C=O) groups is 1. The second kappa shape index (κ2) is 6.89. The quantitative estimate of drug-likeness (QED) is 0.676. The van der Waals surface area contributed by atoms with Crippen LogP contribution >= 0.6 is 23.1 Å². The lowest BCUT2D eigenvalue weighted by molar-refractivity contribution is -0.120. The summed E-state index contributed by atoms with van der Waals surface area (Å²) in [5, 5.41) is 5.45. The molecule has 114 valence electrons.